The molecule has 1 aromatic carbocycles. The summed E-state index contributed by atoms with van der Waals surface area (Å²) in [6.45, 7) is 1.17. The zero-order chi connectivity index (χ0) is 16.3. The van der Waals surface area contributed by atoms with Crippen LogP contribution in [0.1, 0.15) is 24.8 Å². The number of benzene rings is 1. The fraction of sp³-hybridized carbons (Fsp3) is 0.429. The summed E-state index contributed by atoms with van der Waals surface area (Å²) in [4.78, 5) is 25.1. The molecular weight excluding hydrogens is 321 g/mol. The molecule has 2 rings (SSSR count). The van der Waals surface area contributed by atoms with E-state index in [4.69, 9.17) is 11.6 Å². The van der Waals surface area contributed by atoms with E-state index < -0.39 is 29.8 Å². The number of alkyl halides is 3. The number of amides is 2. The van der Waals surface area contributed by atoms with E-state index in [1.807, 2.05) is 0 Å². The second-order valence-corrected chi connectivity index (χ2v) is 5.44. The molecule has 0 unspecified atom stereocenters. The average Bonchev–Trinajstić information content (AvgIpc) is 2.93. The Bertz CT molecular complexity index is 584. The van der Waals surface area contributed by atoms with Gasteiger partial charge in [-0.3, -0.25) is 9.59 Å². The van der Waals surface area contributed by atoms with Crippen molar-refractivity contribution in [2.45, 2.75) is 25.4 Å². The topological polar surface area (TPSA) is 49.4 Å². The first-order chi connectivity index (χ1) is 10.3. The number of carbonyl (C=O) groups excluding carboxylic acids is 2. The highest BCUT2D eigenvalue weighted by Gasteiger charge is 2.34. The standard InChI is InChI=1S/C14H14ClF3N2O2/c15-9-3-4-11(10(7-9)14(16,17)18)19-12(21)8-13(22)20-5-1-2-6-20/h3-4,7H,1-2,5-6,8H2,(H,19,21). The van der Waals surface area contributed by atoms with Crippen molar-refractivity contribution < 1.29 is 22.8 Å². The Hall–Kier alpha value is -1.76. The number of rotatable bonds is 3. The van der Waals surface area contributed by atoms with E-state index in [2.05, 4.69) is 5.32 Å². The van der Waals surface area contributed by atoms with E-state index in [0.717, 1.165) is 25.0 Å². The third kappa shape index (κ3) is 4.13. The molecule has 8 heteroatoms. The smallest absolute Gasteiger partial charge is 0.342 e. The molecule has 1 aromatic rings. The molecule has 0 aliphatic carbocycles. The Morgan fingerprint density at radius 1 is 1.23 bits per heavy atom. The molecule has 1 heterocycles. The van der Waals surface area contributed by atoms with Crippen molar-refractivity contribution in [2.75, 3.05) is 18.4 Å². The van der Waals surface area contributed by atoms with Gasteiger partial charge in [-0.15, -0.1) is 0 Å². The Morgan fingerprint density at radius 3 is 2.45 bits per heavy atom. The third-order valence-electron chi connectivity index (χ3n) is 3.33. The van der Waals surface area contributed by atoms with Crippen molar-refractivity contribution in [3.05, 3.63) is 28.8 Å². The van der Waals surface area contributed by atoms with E-state index in [-0.39, 0.29) is 10.9 Å². The summed E-state index contributed by atoms with van der Waals surface area (Å²) < 4.78 is 38.7. The van der Waals surface area contributed by atoms with Crippen LogP contribution in [0, 0.1) is 0 Å². The van der Waals surface area contributed by atoms with Crippen molar-refractivity contribution in [1.82, 2.24) is 4.90 Å². The Balaban J connectivity index is 2.06. The minimum atomic E-state index is -4.65. The number of hydrogen-bond donors (Lipinski definition) is 1. The molecule has 22 heavy (non-hydrogen) atoms. The molecule has 0 atom stereocenters. The number of carbonyl (C=O) groups is 2. The predicted molar refractivity (Wildman–Crippen MR) is 75.5 cm³/mol. The van der Waals surface area contributed by atoms with Gasteiger partial charge in [0, 0.05) is 18.1 Å². The summed E-state index contributed by atoms with van der Waals surface area (Å²) >= 11 is 5.56. The summed E-state index contributed by atoms with van der Waals surface area (Å²) in [5.74, 6) is -1.15. The van der Waals surface area contributed by atoms with E-state index in [0.29, 0.717) is 13.1 Å². The molecular formula is C14H14ClF3N2O2. The van der Waals surface area contributed by atoms with Crippen molar-refractivity contribution in [1.29, 1.82) is 0 Å². The molecule has 4 nitrogen and oxygen atoms in total. The van der Waals surface area contributed by atoms with Gasteiger partial charge in [-0.25, -0.2) is 0 Å². The first-order valence-electron chi connectivity index (χ1n) is 6.72. The van der Waals surface area contributed by atoms with Crippen LogP contribution in [-0.2, 0) is 15.8 Å². The zero-order valence-corrected chi connectivity index (χ0v) is 12.3. The van der Waals surface area contributed by atoms with Crippen LogP contribution < -0.4 is 5.32 Å². The number of hydrogen-bond acceptors (Lipinski definition) is 2. The van der Waals surface area contributed by atoms with Crippen molar-refractivity contribution >= 4 is 29.1 Å². The van der Waals surface area contributed by atoms with Crippen molar-refractivity contribution in [3.8, 4) is 0 Å². The zero-order valence-electron chi connectivity index (χ0n) is 11.5. The van der Waals surface area contributed by atoms with Gasteiger partial charge in [0.15, 0.2) is 0 Å². The number of nitrogens with zero attached hydrogens (tertiary/aromatic N) is 1. The highest BCUT2D eigenvalue weighted by molar-refractivity contribution is 6.30. The normalized spacial score (nSPS) is 15.0. The molecule has 0 spiro atoms. The lowest BCUT2D eigenvalue weighted by molar-refractivity contribution is -0.137. The fourth-order valence-corrected chi connectivity index (χ4v) is 2.44. The molecule has 2 amide bonds. The summed E-state index contributed by atoms with van der Waals surface area (Å²) in [7, 11) is 0. The van der Waals surface area contributed by atoms with Gasteiger partial charge >= 0.3 is 6.18 Å². The Morgan fingerprint density at radius 2 is 1.86 bits per heavy atom. The number of anilines is 1. The SMILES string of the molecule is O=C(CC(=O)N1CCCC1)Nc1ccc(Cl)cc1C(F)(F)F. The molecule has 0 aromatic heterocycles. The molecule has 1 fully saturated rings. The maximum absolute atomic E-state index is 12.9. The van der Waals surface area contributed by atoms with Gasteiger partial charge in [0.05, 0.1) is 11.3 Å². The third-order valence-corrected chi connectivity index (χ3v) is 3.57. The second kappa shape index (κ2) is 6.56. The minimum absolute atomic E-state index is 0.0848. The molecule has 1 aliphatic rings. The summed E-state index contributed by atoms with van der Waals surface area (Å²) in [6, 6.07) is 3.05. The summed E-state index contributed by atoms with van der Waals surface area (Å²) in [5.41, 5.74) is -1.45. The van der Waals surface area contributed by atoms with Crippen LogP contribution in [0.15, 0.2) is 18.2 Å². The quantitative estimate of drug-likeness (QED) is 0.862. The highest BCUT2D eigenvalue weighted by atomic mass is 35.5. The van der Waals surface area contributed by atoms with E-state index >= 15 is 0 Å². The molecule has 1 aliphatic heterocycles. The van der Waals surface area contributed by atoms with Gasteiger partial charge in [0.1, 0.15) is 6.42 Å². The van der Waals surface area contributed by atoms with Crippen LogP contribution >= 0.6 is 11.6 Å². The molecule has 0 saturated carbocycles. The van der Waals surface area contributed by atoms with Gasteiger partial charge in [-0.05, 0) is 31.0 Å². The van der Waals surface area contributed by atoms with Gasteiger partial charge in [0.25, 0.3) is 0 Å². The van der Waals surface area contributed by atoms with E-state index in [1.54, 1.807) is 0 Å². The van der Waals surface area contributed by atoms with Crippen LogP contribution in [0.2, 0.25) is 5.02 Å². The largest absolute Gasteiger partial charge is 0.418 e. The molecule has 0 radical (unpaired) electrons. The van der Waals surface area contributed by atoms with Crippen LogP contribution in [0.4, 0.5) is 18.9 Å². The van der Waals surface area contributed by atoms with Crippen LogP contribution in [0.25, 0.3) is 0 Å². The fourth-order valence-electron chi connectivity index (χ4n) is 2.27. The summed E-state index contributed by atoms with van der Waals surface area (Å²) in [5, 5.41) is 2.05. The predicted octanol–water partition coefficient (Wildman–Crippen LogP) is 3.31. The van der Waals surface area contributed by atoms with Crippen LogP contribution in [0.3, 0.4) is 0 Å². The number of halogens is 4. The highest BCUT2D eigenvalue weighted by Crippen LogP contribution is 2.36. The van der Waals surface area contributed by atoms with E-state index in [9.17, 15) is 22.8 Å². The second-order valence-electron chi connectivity index (χ2n) is 5.00. The maximum Gasteiger partial charge on any atom is 0.418 e. The van der Waals surface area contributed by atoms with Crippen LogP contribution in [0.5, 0.6) is 0 Å². The van der Waals surface area contributed by atoms with Gasteiger partial charge in [-0.1, -0.05) is 11.6 Å². The maximum atomic E-state index is 12.9. The van der Waals surface area contributed by atoms with Gasteiger partial charge in [-0.2, -0.15) is 13.2 Å². The molecule has 1 saturated heterocycles. The monoisotopic (exact) mass is 334 g/mol. The van der Waals surface area contributed by atoms with Crippen molar-refractivity contribution in [3.63, 3.8) is 0 Å². The lowest BCUT2D eigenvalue weighted by atomic mass is 10.1. The lowest BCUT2D eigenvalue weighted by Crippen LogP contribution is -2.31. The Kier molecular flexibility index (Phi) is 4.95. The lowest BCUT2D eigenvalue weighted by Gasteiger charge is -2.16. The first-order valence-corrected chi connectivity index (χ1v) is 7.09. The summed E-state index contributed by atoms with van der Waals surface area (Å²) in [6.07, 6.45) is -3.36. The van der Waals surface area contributed by atoms with Crippen molar-refractivity contribution in [2.24, 2.45) is 0 Å². The van der Waals surface area contributed by atoms with Crippen LogP contribution in [-0.4, -0.2) is 29.8 Å². The molecule has 120 valence electrons. The molecule has 1 N–H and O–H groups in total. The Labute approximate surface area is 130 Å². The van der Waals surface area contributed by atoms with Gasteiger partial charge in [0.2, 0.25) is 11.8 Å². The minimum Gasteiger partial charge on any atom is -0.342 e. The number of likely N-dealkylation sites (tertiary alicyclic amines) is 1. The first kappa shape index (κ1) is 16.6. The van der Waals surface area contributed by atoms with Gasteiger partial charge < -0.3 is 10.2 Å². The molecule has 0 bridgehead atoms. The average molecular weight is 335 g/mol. The number of nitrogens with one attached hydrogen (secondary N) is 1. The van der Waals surface area contributed by atoms with E-state index in [1.165, 1.54) is 11.0 Å².